The molecule has 0 radical (unpaired) electrons. The summed E-state index contributed by atoms with van der Waals surface area (Å²) in [5.74, 6) is 1.67. The van der Waals surface area contributed by atoms with Crippen molar-refractivity contribution in [2.24, 2.45) is 0 Å². The molecule has 0 unspecified atom stereocenters. The molecule has 0 saturated carbocycles. The number of para-hydroxylation sites is 1. The number of aryl methyl sites for hydroxylation is 2. The average molecular weight is 457 g/mol. The number of amides is 1. The first-order valence-corrected chi connectivity index (χ1v) is 11.0. The molecule has 9 nitrogen and oxygen atoms in total. The van der Waals surface area contributed by atoms with Gasteiger partial charge in [-0.3, -0.25) is 9.59 Å². The summed E-state index contributed by atoms with van der Waals surface area (Å²) in [6.07, 6.45) is 3.72. The Labute approximate surface area is 195 Å². The summed E-state index contributed by atoms with van der Waals surface area (Å²) in [4.78, 5) is 26.6. The summed E-state index contributed by atoms with van der Waals surface area (Å²) < 4.78 is 10.3. The summed E-state index contributed by atoms with van der Waals surface area (Å²) in [5.41, 5.74) is 1.47. The number of carbonyl (C=O) groups excluding carboxylic acids is 1. The maximum atomic E-state index is 13.7. The molecule has 4 heterocycles. The van der Waals surface area contributed by atoms with Gasteiger partial charge in [0, 0.05) is 12.4 Å². The molecule has 172 valence electrons. The molecule has 0 spiro atoms. The summed E-state index contributed by atoms with van der Waals surface area (Å²) in [6, 6.07) is 16.2. The van der Waals surface area contributed by atoms with Crippen molar-refractivity contribution < 1.29 is 9.21 Å². The molecule has 1 atom stereocenters. The molecule has 0 aliphatic heterocycles. The normalized spacial score (nSPS) is 12.2. The Kier molecular flexibility index (Phi) is 5.37. The summed E-state index contributed by atoms with van der Waals surface area (Å²) in [7, 11) is 0. The molecule has 1 N–H and O–H groups in total. The molecule has 0 aliphatic carbocycles. The van der Waals surface area contributed by atoms with Crippen LogP contribution in [-0.4, -0.2) is 30.0 Å². The third kappa shape index (κ3) is 3.71. The number of hydrogen-bond acceptors (Lipinski definition) is 5. The molecular formula is C25H24N6O3. The lowest BCUT2D eigenvalue weighted by atomic mass is 10.2. The van der Waals surface area contributed by atoms with Crippen LogP contribution in [0.3, 0.4) is 0 Å². The van der Waals surface area contributed by atoms with Crippen molar-refractivity contribution in [3.05, 3.63) is 94.6 Å². The first-order chi connectivity index (χ1) is 16.4. The lowest BCUT2D eigenvalue weighted by molar-refractivity contribution is -0.124. The lowest BCUT2D eigenvalue weighted by Crippen LogP contribution is -2.37. The molecule has 0 aliphatic rings. The number of aromatic nitrogens is 5. The summed E-state index contributed by atoms with van der Waals surface area (Å²) in [5, 5.41) is 12.4. The van der Waals surface area contributed by atoms with Gasteiger partial charge in [-0.25, -0.2) is 9.36 Å². The minimum Gasteiger partial charge on any atom is -0.465 e. The highest BCUT2D eigenvalue weighted by atomic mass is 16.3. The minimum absolute atomic E-state index is 0.230. The number of furan rings is 1. The third-order valence-electron chi connectivity index (χ3n) is 5.71. The van der Waals surface area contributed by atoms with Gasteiger partial charge in [-0.05, 0) is 57.2 Å². The number of nitrogens with one attached hydrogen (secondary N) is 1. The predicted octanol–water partition coefficient (Wildman–Crippen LogP) is 3.46. The fourth-order valence-electron chi connectivity index (χ4n) is 3.97. The van der Waals surface area contributed by atoms with E-state index in [1.165, 1.54) is 4.68 Å². The molecule has 5 rings (SSSR count). The fourth-order valence-corrected chi connectivity index (χ4v) is 3.97. The number of benzene rings is 1. The lowest BCUT2D eigenvalue weighted by Gasteiger charge is -2.15. The topological polar surface area (TPSA) is 99.9 Å². The SMILES string of the molecule is Cc1ccc(CNC(=O)[C@H](C)n2nc(C)c3nn(-c4ccccc4)c(-n4cccc4)c3c2=O)o1. The Morgan fingerprint density at radius 1 is 1.03 bits per heavy atom. The maximum Gasteiger partial charge on any atom is 0.280 e. The van der Waals surface area contributed by atoms with Gasteiger partial charge >= 0.3 is 0 Å². The van der Waals surface area contributed by atoms with Gasteiger partial charge in [0.1, 0.15) is 28.5 Å². The second-order valence-electron chi connectivity index (χ2n) is 8.13. The Morgan fingerprint density at radius 2 is 1.76 bits per heavy atom. The zero-order valence-electron chi connectivity index (χ0n) is 19.1. The number of nitrogens with zero attached hydrogens (tertiary/aromatic N) is 5. The smallest absolute Gasteiger partial charge is 0.280 e. The molecule has 5 aromatic rings. The van der Waals surface area contributed by atoms with Gasteiger partial charge in [-0.1, -0.05) is 18.2 Å². The van der Waals surface area contributed by atoms with Crippen molar-refractivity contribution in [2.75, 3.05) is 0 Å². The molecule has 0 bridgehead atoms. The Bertz CT molecular complexity index is 1530. The molecule has 0 saturated heterocycles. The predicted molar refractivity (Wildman–Crippen MR) is 127 cm³/mol. The highest BCUT2D eigenvalue weighted by molar-refractivity contribution is 5.88. The molecule has 34 heavy (non-hydrogen) atoms. The van der Waals surface area contributed by atoms with Gasteiger partial charge in [-0.15, -0.1) is 0 Å². The van der Waals surface area contributed by atoms with Crippen molar-refractivity contribution >= 4 is 16.8 Å². The first kappa shape index (κ1) is 21.4. The van der Waals surface area contributed by atoms with E-state index in [-0.39, 0.29) is 18.0 Å². The first-order valence-electron chi connectivity index (χ1n) is 11.0. The second kappa shape index (κ2) is 8.51. The van der Waals surface area contributed by atoms with Crippen LogP contribution >= 0.6 is 0 Å². The number of carbonyl (C=O) groups is 1. The van der Waals surface area contributed by atoms with Crippen LogP contribution in [0.1, 0.15) is 30.2 Å². The quantitative estimate of drug-likeness (QED) is 0.422. The Morgan fingerprint density at radius 3 is 2.44 bits per heavy atom. The van der Waals surface area contributed by atoms with Crippen LogP contribution in [0.2, 0.25) is 0 Å². The monoisotopic (exact) mass is 456 g/mol. The van der Waals surface area contributed by atoms with Gasteiger partial charge < -0.3 is 14.3 Å². The van der Waals surface area contributed by atoms with Crippen molar-refractivity contribution in [3.63, 3.8) is 0 Å². The van der Waals surface area contributed by atoms with Crippen molar-refractivity contribution in [1.82, 2.24) is 29.4 Å². The molecule has 4 aromatic heterocycles. The van der Waals surface area contributed by atoms with Crippen LogP contribution < -0.4 is 10.9 Å². The van der Waals surface area contributed by atoms with Gasteiger partial charge in [0.15, 0.2) is 5.82 Å². The van der Waals surface area contributed by atoms with E-state index in [0.29, 0.717) is 28.2 Å². The van der Waals surface area contributed by atoms with Gasteiger partial charge in [0.05, 0.1) is 17.9 Å². The van der Waals surface area contributed by atoms with E-state index in [1.54, 1.807) is 18.5 Å². The molecule has 1 aromatic carbocycles. The van der Waals surface area contributed by atoms with Crippen molar-refractivity contribution in [2.45, 2.75) is 33.4 Å². The van der Waals surface area contributed by atoms with E-state index >= 15 is 0 Å². The molecular weight excluding hydrogens is 432 g/mol. The average Bonchev–Trinajstić information content (AvgIpc) is 3.59. The largest absolute Gasteiger partial charge is 0.465 e. The highest BCUT2D eigenvalue weighted by Crippen LogP contribution is 2.25. The van der Waals surface area contributed by atoms with Crippen LogP contribution in [0, 0.1) is 13.8 Å². The van der Waals surface area contributed by atoms with Gasteiger partial charge in [0.25, 0.3) is 5.56 Å². The maximum absolute atomic E-state index is 13.7. The number of rotatable bonds is 6. The molecule has 0 fully saturated rings. The van der Waals surface area contributed by atoms with Crippen LogP contribution in [0.25, 0.3) is 22.4 Å². The number of fused-ring (bicyclic) bond motifs is 1. The Hall–Kier alpha value is -4.40. The van der Waals surface area contributed by atoms with E-state index in [1.807, 2.05) is 78.5 Å². The minimum atomic E-state index is -0.829. The van der Waals surface area contributed by atoms with Crippen LogP contribution in [0.15, 0.2) is 76.2 Å². The van der Waals surface area contributed by atoms with Crippen molar-refractivity contribution in [1.29, 1.82) is 0 Å². The van der Waals surface area contributed by atoms with E-state index in [0.717, 1.165) is 11.4 Å². The number of hydrogen-bond donors (Lipinski definition) is 1. The van der Waals surface area contributed by atoms with E-state index in [9.17, 15) is 9.59 Å². The zero-order valence-corrected chi connectivity index (χ0v) is 19.1. The fraction of sp³-hybridized carbons (Fsp3) is 0.200. The van der Waals surface area contributed by atoms with Crippen molar-refractivity contribution in [3.8, 4) is 11.5 Å². The van der Waals surface area contributed by atoms with E-state index < -0.39 is 6.04 Å². The van der Waals surface area contributed by atoms with E-state index in [2.05, 4.69) is 10.4 Å². The zero-order chi connectivity index (χ0) is 23.8. The van der Waals surface area contributed by atoms with Crippen LogP contribution in [0.5, 0.6) is 0 Å². The van der Waals surface area contributed by atoms with E-state index in [4.69, 9.17) is 9.52 Å². The summed E-state index contributed by atoms with van der Waals surface area (Å²) >= 11 is 0. The molecule has 9 heteroatoms. The standard InChI is InChI=1S/C25H24N6O3/c1-16-11-12-20(34-16)15-26-23(32)18(3)30-25(33)21-22(17(2)27-30)28-31(19-9-5-4-6-10-19)24(21)29-13-7-8-14-29/h4-14,18H,15H2,1-3H3,(H,26,32)/t18-/m0/s1. The summed E-state index contributed by atoms with van der Waals surface area (Å²) in [6.45, 7) is 5.51. The van der Waals surface area contributed by atoms with Crippen LogP contribution in [-0.2, 0) is 11.3 Å². The third-order valence-corrected chi connectivity index (χ3v) is 5.71. The second-order valence-corrected chi connectivity index (χ2v) is 8.13. The van der Waals surface area contributed by atoms with Gasteiger partial charge in [0.2, 0.25) is 5.91 Å². The van der Waals surface area contributed by atoms with Crippen LogP contribution in [0.4, 0.5) is 0 Å². The highest BCUT2D eigenvalue weighted by Gasteiger charge is 2.25. The Balaban J connectivity index is 1.61. The molecule has 1 amide bonds. The van der Waals surface area contributed by atoms with Gasteiger partial charge in [-0.2, -0.15) is 10.2 Å².